The molecule has 4 rings (SSSR count). The maximum absolute atomic E-state index is 13.9. The number of likely N-dealkylation sites (tertiary alicyclic amines) is 1. The zero-order valence-corrected chi connectivity index (χ0v) is 18.4. The number of carbonyl (C=O) groups is 2. The fourth-order valence-corrected chi connectivity index (χ4v) is 4.51. The van der Waals surface area contributed by atoms with E-state index in [1.807, 2.05) is 17.4 Å². The Morgan fingerprint density at radius 2 is 1.85 bits per heavy atom. The van der Waals surface area contributed by atoms with E-state index >= 15 is 0 Å². The lowest BCUT2D eigenvalue weighted by Crippen LogP contribution is -2.38. The Hall–Kier alpha value is -3.82. The molecule has 0 aliphatic carbocycles. The highest BCUT2D eigenvalue weighted by molar-refractivity contribution is 6.05. The molecule has 0 unspecified atom stereocenters. The molecule has 7 nitrogen and oxygen atoms in total. The number of halogens is 3. The number of guanidine groups is 1. The van der Waals surface area contributed by atoms with Crippen LogP contribution in [0.15, 0.2) is 42.6 Å². The first-order valence-corrected chi connectivity index (χ1v) is 10.8. The third-order valence-corrected chi connectivity index (χ3v) is 6.22. The van der Waals surface area contributed by atoms with Gasteiger partial charge in [-0.15, -0.1) is 0 Å². The van der Waals surface area contributed by atoms with Crippen LogP contribution < -0.4 is 11.1 Å². The highest BCUT2D eigenvalue weighted by Crippen LogP contribution is 2.40. The summed E-state index contributed by atoms with van der Waals surface area (Å²) in [4.78, 5) is 29.9. The van der Waals surface area contributed by atoms with Gasteiger partial charge in [-0.1, -0.05) is 6.07 Å². The lowest BCUT2D eigenvalue weighted by molar-refractivity contribution is -0.138. The van der Waals surface area contributed by atoms with E-state index in [9.17, 15) is 22.8 Å². The Kier molecular flexibility index (Phi) is 6.07. The van der Waals surface area contributed by atoms with Gasteiger partial charge in [0.15, 0.2) is 5.96 Å². The van der Waals surface area contributed by atoms with Gasteiger partial charge in [0, 0.05) is 41.3 Å². The Bertz CT molecular complexity index is 1270. The second kappa shape index (κ2) is 8.85. The molecule has 0 saturated carbocycles. The van der Waals surface area contributed by atoms with Crippen molar-refractivity contribution in [2.24, 2.45) is 5.73 Å². The van der Waals surface area contributed by atoms with E-state index in [0.29, 0.717) is 37.1 Å². The van der Waals surface area contributed by atoms with Crippen molar-refractivity contribution in [2.75, 3.05) is 13.1 Å². The van der Waals surface area contributed by atoms with Crippen molar-refractivity contribution < 1.29 is 22.8 Å². The van der Waals surface area contributed by atoms with Crippen LogP contribution in [-0.4, -0.2) is 40.7 Å². The van der Waals surface area contributed by atoms with Gasteiger partial charge in [-0.25, -0.2) is 0 Å². The molecule has 5 N–H and O–H groups in total. The second-order valence-corrected chi connectivity index (χ2v) is 8.47. The first-order valence-electron chi connectivity index (χ1n) is 10.8. The lowest BCUT2D eigenvalue weighted by atomic mass is 9.84. The lowest BCUT2D eigenvalue weighted by Gasteiger charge is -2.33. The van der Waals surface area contributed by atoms with E-state index in [0.717, 1.165) is 17.0 Å². The monoisotopic (exact) mass is 471 g/mol. The molecule has 178 valence electrons. The van der Waals surface area contributed by atoms with Crippen LogP contribution in [0.2, 0.25) is 0 Å². The van der Waals surface area contributed by atoms with Gasteiger partial charge in [0.2, 0.25) is 0 Å². The number of nitrogens with one attached hydrogen (secondary N) is 3. The van der Waals surface area contributed by atoms with Crippen LogP contribution in [0.5, 0.6) is 0 Å². The first kappa shape index (κ1) is 23.3. The van der Waals surface area contributed by atoms with Gasteiger partial charge in [0.1, 0.15) is 0 Å². The number of benzene rings is 2. The van der Waals surface area contributed by atoms with E-state index < -0.39 is 29.5 Å². The molecule has 1 saturated heterocycles. The highest BCUT2D eigenvalue weighted by atomic mass is 19.4. The van der Waals surface area contributed by atoms with Crippen LogP contribution in [0.25, 0.3) is 10.9 Å². The van der Waals surface area contributed by atoms with Crippen LogP contribution in [0.1, 0.15) is 56.2 Å². The normalized spacial score (nSPS) is 14.9. The van der Waals surface area contributed by atoms with Crippen LogP contribution in [-0.2, 0) is 6.18 Å². The average Bonchev–Trinajstić information content (AvgIpc) is 3.25. The number of alkyl halides is 3. The number of hydrogen-bond donors (Lipinski definition) is 4. The number of aryl methyl sites for hydroxylation is 1. The van der Waals surface area contributed by atoms with Gasteiger partial charge >= 0.3 is 6.18 Å². The summed E-state index contributed by atoms with van der Waals surface area (Å²) in [6.07, 6.45) is -2.12. The average molecular weight is 471 g/mol. The Morgan fingerprint density at radius 1 is 1.15 bits per heavy atom. The van der Waals surface area contributed by atoms with Gasteiger partial charge in [0.05, 0.1) is 5.56 Å². The number of H-pyrrole nitrogens is 1. The van der Waals surface area contributed by atoms with Gasteiger partial charge < -0.3 is 15.6 Å². The molecule has 1 aliphatic rings. The SMILES string of the molecule is Cc1cc(C2CCN(C(=O)c3ccc4[nH]ccc4c3)CC2)c(C(F)(F)F)cc1C(=O)NC(=N)N. The molecule has 2 amide bonds. The zero-order chi connectivity index (χ0) is 24.6. The summed E-state index contributed by atoms with van der Waals surface area (Å²) in [7, 11) is 0. The summed E-state index contributed by atoms with van der Waals surface area (Å²) in [6.45, 7) is 2.21. The van der Waals surface area contributed by atoms with Crippen molar-refractivity contribution in [2.45, 2.75) is 31.9 Å². The summed E-state index contributed by atoms with van der Waals surface area (Å²) < 4.78 is 41.7. The summed E-state index contributed by atoms with van der Waals surface area (Å²) >= 11 is 0. The minimum atomic E-state index is -4.66. The van der Waals surface area contributed by atoms with Gasteiger partial charge in [-0.05, 0) is 67.1 Å². The van der Waals surface area contributed by atoms with Crippen molar-refractivity contribution in [1.29, 1.82) is 5.41 Å². The van der Waals surface area contributed by atoms with Crippen molar-refractivity contribution in [3.63, 3.8) is 0 Å². The van der Waals surface area contributed by atoms with E-state index in [-0.39, 0.29) is 17.0 Å². The van der Waals surface area contributed by atoms with Crippen molar-refractivity contribution >= 4 is 28.7 Å². The number of aromatic nitrogens is 1. The van der Waals surface area contributed by atoms with E-state index in [1.54, 1.807) is 30.2 Å². The number of carbonyl (C=O) groups excluding carboxylic acids is 2. The molecule has 34 heavy (non-hydrogen) atoms. The summed E-state index contributed by atoms with van der Waals surface area (Å²) in [5.41, 5.74) is 6.03. The largest absolute Gasteiger partial charge is 0.416 e. The Morgan fingerprint density at radius 3 is 2.50 bits per heavy atom. The molecule has 2 aromatic carbocycles. The fourth-order valence-electron chi connectivity index (χ4n) is 4.51. The van der Waals surface area contributed by atoms with Crippen molar-refractivity contribution in [3.05, 3.63) is 70.4 Å². The Balaban J connectivity index is 1.55. The first-order chi connectivity index (χ1) is 16.0. The summed E-state index contributed by atoms with van der Waals surface area (Å²) in [5, 5.41) is 10.1. The molecule has 0 spiro atoms. The third-order valence-electron chi connectivity index (χ3n) is 6.22. The molecule has 0 radical (unpaired) electrons. The van der Waals surface area contributed by atoms with E-state index in [1.165, 1.54) is 6.07 Å². The molecular weight excluding hydrogens is 447 g/mol. The molecule has 0 atom stereocenters. The molecule has 0 bridgehead atoms. The number of rotatable bonds is 3. The fraction of sp³-hybridized carbons (Fsp3) is 0.292. The van der Waals surface area contributed by atoms with Crippen LogP contribution in [0.3, 0.4) is 0 Å². The molecule has 1 fully saturated rings. The maximum atomic E-state index is 13.9. The Labute approximate surface area is 193 Å². The summed E-state index contributed by atoms with van der Waals surface area (Å²) in [5.74, 6) is -2.06. The van der Waals surface area contributed by atoms with Gasteiger partial charge in [-0.3, -0.25) is 20.3 Å². The smallest absolute Gasteiger partial charge is 0.370 e. The van der Waals surface area contributed by atoms with Crippen LogP contribution in [0, 0.1) is 12.3 Å². The number of aromatic amines is 1. The topological polar surface area (TPSA) is 115 Å². The predicted octanol–water partition coefficient (Wildman–Crippen LogP) is 4.14. The number of nitrogens with two attached hydrogens (primary N) is 1. The molecule has 3 aromatic rings. The van der Waals surface area contributed by atoms with Gasteiger partial charge in [-0.2, -0.15) is 13.2 Å². The van der Waals surface area contributed by atoms with Crippen molar-refractivity contribution in [1.82, 2.24) is 15.2 Å². The molecular formula is C24H24F3N5O2. The van der Waals surface area contributed by atoms with E-state index in [4.69, 9.17) is 11.1 Å². The highest BCUT2D eigenvalue weighted by Gasteiger charge is 2.37. The number of piperidine rings is 1. The minimum Gasteiger partial charge on any atom is -0.370 e. The molecule has 1 aliphatic heterocycles. The van der Waals surface area contributed by atoms with E-state index in [2.05, 4.69) is 4.98 Å². The second-order valence-electron chi connectivity index (χ2n) is 8.47. The minimum absolute atomic E-state index is 0.116. The number of hydrogen-bond acceptors (Lipinski definition) is 3. The maximum Gasteiger partial charge on any atom is 0.416 e. The molecule has 10 heteroatoms. The quantitative estimate of drug-likeness (QED) is 0.340. The summed E-state index contributed by atoms with van der Waals surface area (Å²) in [6, 6.07) is 9.46. The van der Waals surface area contributed by atoms with Crippen LogP contribution >= 0.6 is 0 Å². The van der Waals surface area contributed by atoms with Crippen LogP contribution in [0.4, 0.5) is 13.2 Å². The van der Waals surface area contributed by atoms with Gasteiger partial charge in [0.25, 0.3) is 11.8 Å². The molecule has 2 heterocycles. The standard InChI is InChI=1S/C24H24F3N5O2/c1-13-10-18(19(24(25,26)27)12-17(13)21(33)31-23(28)29)14-5-8-32(9-6-14)22(34)16-2-3-20-15(11-16)4-7-30-20/h2-4,7,10-12,14,30H,5-6,8-9H2,1H3,(H4,28,29,31,33). The third kappa shape index (κ3) is 4.61. The number of amides is 2. The number of nitrogens with zero attached hydrogens (tertiary/aromatic N) is 1. The zero-order valence-electron chi connectivity index (χ0n) is 18.4. The predicted molar refractivity (Wildman–Crippen MR) is 122 cm³/mol. The van der Waals surface area contributed by atoms with Crippen molar-refractivity contribution in [3.8, 4) is 0 Å². The molecule has 1 aromatic heterocycles. The number of fused-ring (bicyclic) bond motifs is 1.